The number of aliphatic hydroxyl groups excluding tert-OH is 1. The van der Waals surface area contributed by atoms with Crippen LogP contribution in [0, 0.1) is 13.8 Å². The molecule has 0 fully saturated rings. The van der Waals surface area contributed by atoms with Gasteiger partial charge in [-0.1, -0.05) is 37.6 Å². The van der Waals surface area contributed by atoms with Crippen LogP contribution >= 0.6 is 0 Å². The Labute approximate surface area is 105 Å². The van der Waals surface area contributed by atoms with Crippen LogP contribution in [0.4, 0.5) is 0 Å². The van der Waals surface area contributed by atoms with Gasteiger partial charge < -0.3 is 10.0 Å². The maximum atomic E-state index is 10.2. The van der Waals surface area contributed by atoms with E-state index in [1.165, 1.54) is 11.1 Å². The van der Waals surface area contributed by atoms with Crippen molar-refractivity contribution < 1.29 is 5.11 Å². The molecule has 17 heavy (non-hydrogen) atoms. The Kier molecular flexibility index (Phi) is 5.66. The summed E-state index contributed by atoms with van der Waals surface area (Å²) in [7, 11) is 0. The van der Waals surface area contributed by atoms with Gasteiger partial charge in [0.2, 0.25) is 0 Å². The fraction of sp³-hybridized carbons (Fsp3) is 0.600. The van der Waals surface area contributed by atoms with Crippen LogP contribution in [0.3, 0.4) is 0 Å². The summed E-state index contributed by atoms with van der Waals surface area (Å²) < 4.78 is 0. The zero-order valence-electron chi connectivity index (χ0n) is 11.5. The van der Waals surface area contributed by atoms with Gasteiger partial charge in [0.15, 0.2) is 0 Å². The molecule has 0 aromatic heterocycles. The van der Waals surface area contributed by atoms with Gasteiger partial charge in [-0.2, -0.15) is 0 Å². The molecule has 0 heterocycles. The summed E-state index contributed by atoms with van der Waals surface area (Å²) in [6.07, 6.45) is 0.474. The highest BCUT2D eigenvalue weighted by Crippen LogP contribution is 2.22. The molecule has 1 N–H and O–H groups in total. The molecule has 1 aromatic carbocycles. The van der Waals surface area contributed by atoms with E-state index in [0.29, 0.717) is 0 Å². The number of nitrogens with zero attached hydrogens (tertiary/aromatic N) is 1. The predicted molar refractivity (Wildman–Crippen MR) is 73.3 cm³/mol. The molecule has 0 amide bonds. The van der Waals surface area contributed by atoms with Gasteiger partial charge in [-0.05, 0) is 44.5 Å². The summed E-state index contributed by atoms with van der Waals surface area (Å²) in [4.78, 5) is 2.34. The highest BCUT2D eigenvalue weighted by Gasteiger charge is 2.11. The molecular formula is C15H25NO. The fourth-order valence-electron chi connectivity index (χ4n) is 2.12. The average molecular weight is 235 g/mol. The van der Waals surface area contributed by atoms with Crippen LogP contribution in [-0.2, 0) is 0 Å². The molecule has 0 aliphatic rings. The first-order valence-electron chi connectivity index (χ1n) is 6.56. The third-order valence-corrected chi connectivity index (χ3v) is 3.41. The molecule has 0 saturated carbocycles. The Bertz CT molecular complexity index is 345. The predicted octanol–water partition coefficient (Wildman–Crippen LogP) is 3.07. The van der Waals surface area contributed by atoms with Gasteiger partial charge in [0, 0.05) is 6.54 Å². The Morgan fingerprint density at radius 3 is 2.41 bits per heavy atom. The van der Waals surface area contributed by atoms with E-state index in [9.17, 15) is 5.11 Å². The number of hydrogen-bond donors (Lipinski definition) is 1. The van der Waals surface area contributed by atoms with Gasteiger partial charge in [-0.3, -0.25) is 0 Å². The lowest BCUT2D eigenvalue weighted by atomic mass is 9.99. The molecule has 0 aliphatic heterocycles. The third kappa shape index (κ3) is 4.14. The molecule has 96 valence electrons. The van der Waals surface area contributed by atoms with Crippen molar-refractivity contribution in [2.75, 3.05) is 19.6 Å². The molecule has 0 radical (unpaired) electrons. The van der Waals surface area contributed by atoms with Gasteiger partial charge in [0.1, 0.15) is 0 Å². The van der Waals surface area contributed by atoms with Gasteiger partial charge in [0.05, 0.1) is 6.10 Å². The molecule has 0 saturated heterocycles. The lowest BCUT2D eigenvalue weighted by Crippen LogP contribution is -2.25. The van der Waals surface area contributed by atoms with Gasteiger partial charge in [-0.15, -0.1) is 0 Å². The minimum atomic E-state index is -0.338. The summed E-state index contributed by atoms with van der Waals surface area (Å²) in [5, 5.41) is 10.2. The van der Waals surface area contributed by atoms with Crippen molar-refractivity contribution in [3.05, 3.63) is 34.9 Å². The van der Waals surface area contributed by atoms with Crippen LogP contribution in [0.1, 0.15) is 43.1 Å². The van der Waals surface area contributed by atoms with Crippen LogP contribution < -0.4 is 0 Å². The van der Waals surface area contributed by atoms with Gasteiger partial charge in [-0.25, -0.2) is 0 Å². The SMILES string of the molecule is CCN(CC)CCC(O)c1cc(C)ccc1C. The summed E-state index contributed by atoms with van der Waals surface area (Å²) >= 11 is 0. The van der Waals surface area contributed by atoms with Crippen molar-refractivity contribution in [1.29, 1.82) is 0 Å². The van der Waals surface area contributed by atoms with Crippen molar-refractivity contribution >= 4 is 0 Å². The molecular weight excluding hydrogens is 210 g/mol. The monoisotopic (exact) mass is 235 g/mol. The molecule has 1 unspecified atom stereocenters. The Balaban J connectivity index is 2.63. The topological polar surface area (TPSA) is 23.5 Å². The van der Waals surface area contributed by atoms with Crippen molar-refractivity contribution in [2.45, 2.75) is 40.2 Å². The standard InChI is InChI=1S/C15H25NO/c1-5-16(6-2)10-9-15(17)14-11-12(3)7-8-13(14)4/h7-8,11,15,17H,5-6,9-10H2,1-4H3. The van der Waals surface area contributed by atoms with Crippen LogP contribution in [0.5, 0.6) is 0 Å². The van der Waals surface area contributed by atoms with Gasteiger partial charge in [0.25, 0.3) is 0 Å². The largest absolute Gasteiger partial charge is 0.388 e. The van der Waals surface area contributed by atoms with E-state index in [4.69, 9.17) is 0 Å². The summed E-state index contributed by atoms with van der Waals surface area (Å²) in [5.74, 6) is 0. The van der Waals surface area contributed by atoms with Gasteiger partial charge >= 0.3 is 0 Å². The highest BCUT2D eigenvalue weighted by atomic mass is 16.3. The molecule has 2 heteroatoms. The number of aryl methyl sites for hydroxylation is 2. The average Bonchev–Trinajstić information content (AvgIpc) is 2.33. The first-order valence-corrected chi connectivity index (χ1v) is 6.56. The first kappa shape index (κ1) is 14.2. The van der Waals surface area contributed by atoms with Crippen LogP contribution in [-0.4, -0.2) is 29.6 Å². The maximum absolute atomic E-state index is 10.2. The summed E-state index contributed by atoms with van der Waals surface area (Å²) in [6, 6.07) is 6.28. The minimum Gasteiger partial charge on any atom is -0.388 e. The highest BCUT2D eigenvalue weighted by molar-refractivity contribution is 5.32. The van der Waals surface area contributed by atoms with Crippen LogP contribution in [0.25, 0.3) is 0 Å². The zero-order chi connectivity index (χ0) is 12.8. The smallest absolute Gasteiger partial charge is 0.0804 e. The van der Waals surface area contributed by atoms with E-state index in [-0.39, 0.29) is 6.10 Å². The fourth-order valence-corrected chi connectivity index (χ4v) is 2.12. The molecule has 0 spiro atoms. The zero-order valence-corrected chi connectivity index (χ0v) is 11.5. The molecule has 1 atom stereocenters. The van der Waals surface area contributed by atoms with Crippen molar-refractivity contribution in [3.8, 4) is 0 Å². The minimum absolute atomic E-state index is 0.338. The Morgan fingerprint density at radius 2 is 1.82 bits per heavy atom. The Morgan fingerprint density at radius 1 is 1.18 bits per heavy atom. The second kappa shape index (κ2) is 6.77. The van der Waals surface area contributed by atoms with E-state index < -0.39 is 0 Å². The quantitative estimate of drug-likeness (QED) is 0.819. The molecule has 0 bridgehead atoms. The van der Waals surface area contributed by atoms with Crippen molar-refractivity contribution in [1.82, 2.24) is 4.90 Å². The number of aliphatic hydroxyl groups is 1. The van der Waals surface area contributed by atoms with E-state index in [0.717, 1.165) is 31.6 Å². The third-order valence-electron chi connectivity index (χ3n) is 3.41. The van der Waals surface area contributed by atoms with E-state index >= 15 is 0 Å². The van der Waals surface area contributed by atoms with Crippen molar-refractivity contribution in [2.24, 2.45) is 0 Å². The number of hydrogen-bond acceptors (Lipinski definition) is 2. The molecule has 2 nitrogen and oxygen atoms in total. The van der Waals surface area contributed by atoms with Crippen LogP contribution in [0.2, 0.25) is 0 Å². The second-order valence-electron chi connectivity index (χ2n) is 4.69. The molecule has 0 aliphatic carbocycles. The molecule has 1 rings (SSSR count). The van der Waals surface area contributed by atoms with E-state index in [2.05, 4.69) is 50.8 Å². The first-order chi connectivity index (χ1) is 8.08. The van der Waals surface area contributed by atoms with Crippen molar-refractivity contribution in [3.63, 3.8) is 0 Å². The number of benzene rings is 1. The normalized spacial score (nSPS) is 13.1. The molecule has 1 aromatic rings. The van der Waals surface area contributed by atoms with Crippen LogP contribution in [0.15, 0.2) is 18.2 Å². The Hall–Kier alpha value is -0.860. The lowest BCUT2D eigenvalue weighted by Gasteiger charge is -2.21. The van der Waals surface area contributed by atoms with E-state index in [1.54, 1.807) is 0 Å². The van der Waals surface area contributed by atoms with E-state index in [1.807, 2.05) is 0 Å². The maximum Gasteiger partial charge on any atom is 0.0804 e. The number of rotatable bonds is 6. The summed E-state index contributed by atoms with van der Waals surface area (Å²) in [6.45, 7) is 11.5. The summed E-state index contributed by atoms with van der Waals surface area (Å²) in [5.41, 5.74) is 3.48. The second-order valence-corrected chi connectivity index (χ2v) is 4.69. The lowest BCUT2D eigenvalue weighted by molar-refractivity contribution is 0.144.